The van der Waals surface area contributed by atoms with Crippen LogP contribution in [0.5, 0.6) is 11.5 Å². The van der Waals surface area contributed by atoms with E-state index in [1.54, 1.807) is 6.20 Å². The van der Waals surface area contributed by atoms with Gasteiger partial charge in [0.05, 0.1) is 0 Å². The van der Waals surface area contributed by atoms with E-state index in [0.717, 1.165) is 16.5 Å². The molecule has 7 heteroatoms. The fraction of sp³-hybridized carbons (Fsp3) is 0.200. The standard InChI is InChI=1S/C25H23N3O4/c1-17-3-2-4-19(11-17)14-27-9-7-20-8-10-28(25(30)24(20)27)15-23(29)26-13-18-5-6-21-22(12-18)32-16-31-21/h2-12H,13-16H2,1H3,(H,26,29). The number of nitrogens with one attached hydrogen (secondary N) is 1. The van der Waals surface area contributed by atoms with E-state index in [1.807, 2.05) is 66.2 Å². The number of fused-ring (bicyclic) bond motifs is 2. The number of nitrogens with zero attached hydrogens (tertiary/aromatic N) is 2. The molecule has 0 aliphatic carbocycles. The third-order valence-electron chi connectivity index (χ3n) is 5.57. The quantitative estimate of drug-likeness (QED) is 0.511. The van der Waals surface area contributed by atoms with E-state index >= 15 is 0 Å². The number of carbonyl (C=O) groups is 1. The van der Waals surface area contributed by atoms with Crippen LogP contribution in [0.3, 0.4) is 0 Å². The molecule has 0 bridgehead atoms. The molecule has 0 saturated carbocycles. The van der Waals surface area contributed by atoms with E-state index in [-0.39, 0.29) is 24.8 Å². The van der Waals surface area contributed by atoms with Gasteiger partial charge in [-0.1, -0.05) is 35.9 Å². The van der Waals surface area contributed by atoms with E-state index < -0.39 is 0 Å². The van der Waals surface area contributed by atoms with Gasteiger partial charge in [-0.2, -0.15) is 0 Å². The fourth-order valence-electron chi connectivity index (χ4n) is 3.97. The summed E-state index contributed by atoms with van der Waals surface area (Å²) in [5.74, 6) is 1.14. The van der Waals surface area contributed by atoms with Crippen molar-refractivity contribution in [1.82, 2.24) is 14.5 Å². The Balaban J connectivity index is 1.31. The summed E-state index contributed by atoms with van der Waals surface area (Å²) < 4.78 is 14.1. The Morgan fingerprint density at radius 2 is 1.78 bits per heavy atom. The topological polar surface area (TPSA) is 74.5 Å². The summed E-state index contributed by atoms with van der Waals surface area (Å²) in [4.78, 5) is 25.7. The number of pyridine rings is 1. The fourth-order valence-corrected chi connectivity index (χ4v) is 3.97. The number of aryl methyl sites for hydroxylation is 1. The zero-order valence-electron chi connectivity index (χ0n) is 17.7. The zero-order chi connectivity index (χ0) is 22.1. The monoisotopic (exact) mass is 429 g/mol. The molecule has 3 heterocycles. The van der Waals surface area contributed by atoms with Crippen LogP contribution in [-0.2, 0) is 24.4 Å². The molecule has 0 spiro atoms. The van der Waals surface area contributed by atoms with Crippen molar-refractivity contribution in [3.05, 3.63) is 94.0 Å². The molecule has 2 aromatic carbocycles. The molecule has 1 aliphatic rings. The van der Waals surface area contributed by atoms with Crippen molar-refractivity contribution in [2.75, 3.05) is 6.79 Å². The number of amides is 1. The molecule has 7 nitrogen and oxygen atoms in total. The summed E-state index contributed by atoms with van der Waals surface area (Å²) in [6.07, 6.45) is 3.58. The van der Waals surface area contributed by atoms with Gasteiger partial charge in [0, 0.05) is 30.9 Å². The molecule has 0 saturated heterocycles. The summed E-state index contributed by atoms with van der Waals surface area (Å²) in [6.45, 7) is 3.15. The minimum Gasteiger partial charge on any atom is -0.454 e. The van der Waals surface area contributed by atoms with Crippen LogP contribution >= 0.6 is 0 Å². The van der Waals surface area contributed by atoms with Crippen molar-refractivity contribution in [3.63, 3.8) is 0 Å². The zero-order valence-corrected chi connectivity index (χ0v) is 17.7. The molecule has 162 valence electrons. The van der Waals surface area contributed by atoms with Crippen molar-refractivity contribution >= 4 is 16.8 Å². The lowest BCUT2D eigenvalue weighted by molar-refractivity contribution is -0.121. The van der Waals surface area contributed by atoms with Gasteiger partial charge in [0.15, 0.2) is 11.5 Å². The number of ether oxygens (including phenoxy) is 2. The predicted molar refractivity (Wildman–Crippen MR) is 121 cm³/mol. The van der Waals surface area contributed by atoms with Gasteiger partial charge < -0.3 is 23.9 Å². The van der Waals surface area contributed by atoms with Gasteiger partial charge in [-0.15, -0.1) is 0 Å². The molecule has 0 atom stereocenters. The summed E-state index contributed by atoms with van der Waals surface area (Å²) in [7, 11) is 0. The first-order valence-corrected chi connectivity index (χ1v) is 10.5. The predicted octanol–water partition coefficient (Wildman–Crippen LogP) is 3.20. The third kappa shape index (κ3) is 3.97. The van der Waals surface area contributed by atoms with Crippen LogP contribution in [0.4, 0.5) is 0 Å². The van der Waals surface area contributed by atoms with E-state index in [0.29, 0.717) is 30.1 Å². The average Bonchev–Trinajstić information content (AvgIpc) is 3.41. The normalized spacial score (nSPS) is 12.3. The third-order valence-corrected chi connectivity index (χ3v) is 5.57. The van der Waals surface area contributed by atoms with Gasteiger partial charge in [-0.25, -0.2) is 0 Å². The Morgan fingerprint density at radius 1 is 0.969 bits per heavy atom. The van der Waals surface area contributed by atoms with Gasteiger partial charge in [0.2, 0.25) is 12.7 Å². The van der Waals surface area contributed by atoms with Crippen LogP contribution in [0.15, 0.2) is 71.8 Å². The van der Waals surface area contributed by atoms with Gasteiger partial charge in [-0.3, -0.25) is 9.59 Å². The lowest BCUT2D eigenvalue weighted by Gasteiger charge is -2.10. The molecule has 5 rings (SSSR count). The van der Waals surface area contributed by atoms with E-state index in [2.05, 4.69) is 11.4 Å². The first kappa shape index (κ1) is 19.9. The average molecular weight is 429 g/mol. The highest BCUT2D eigenvalue weighted by atomic mass is 16.7. The van der Waals surface area contributed by atoms with Crippen LogP contribution in [-0.4, -0.2) is 21.8 Å². The minimum absolute atomic E-state index is 0.0467. The highest BCUT2D eigenvalue weighted by Gasteiger charge is 2.14. The lowest BCUT2D eigenvalue weighted by atomic mass is 10.1. The number of hydrogen-bond acceptors (Lipinski definition) is 4. The minimum atomic E-state index is -0.235. The highest BCUT2D eigenvalue weighted by molar-refractivity contribution is 5.80. The summed E-state index contributed by atoms with van der Waals surface area (Å²) in [5, 5.41) is 3.73. The molecule has 1 N–H and O–H groups in total. The molecule has 0 fully saturated rings. The number of benzene rings is 2. The van der Waals surface area contributed by atoms with Crippen LogP contribution in [0.1, 0.15) is 16.7 Å². The summed E-state index contributed by atoms with van der Waals surface area (Å²) in [5.41, 5.74) is 3.61. The molecule has 1 amide bonds. The first-order valence-electron chi connectivity index (χ1n) is 10.5. The maximum atomic E-state index is 13.1. The number of carbonyl (C=O) groups excluding carboxylic acids is 1. The Hall–Kier alpha value is -4.00. The summed E-state index contributed by atoms with van der Waals surface area (Å²) >= 11 is 0. The maximum absolute atomic E-state index is 13.1. The molecule has 1 aliphatic heterocycles. The second-order valence-corrected chi connectivity index (χ2v) is 7.95. The molecular weight excluding hydrogens is 406 g/mol. The van der Waals surface area contributed by atoms with Crippen LogP contribution in [0.25, 0.3) is 10.9 Å². The number of aromatic nitrogens is 2. The first-order chi connectivity index (χ1) is 15.6. The summed E-state index contributed by atoms with van der Waals surface area (Å²) in [6, 6.07) is 17.6. The van der Waals surface area contributed by atoms with Crippen molar-refractivity contribution in [2.45, 2.75) is 26.6 Å². The molecule has 0 unspecified atom stereocenters. The maximum Gasteiger partial charge on any atom is 0.275 e. The molecule has 32 heavy (non-hydrogen) atoms. The van der Waals surface area contributed by atoms with E-state index in [1.165, 1.54) is 10.1 Å². The second kappa shape index (κ2) is 8.26. The van der Waals surface area contributed by atoms with Crippen molar-refractivity contribution < 1.29 is 14.3 Å². The molecule has 2 aromatic heterocycles. The Labute approximate surface area is 184 Å². The van der Waals surface area contributed by atoms with Crippen molar-refractivity contribution in [2.24, 2.45) is 0 Å². The van der Waals surface area contributed by atoms with E-state index in [4.69, 9.17) is 9.47 Å². The Morgan fingerprint density at radius 3 is 2.62 bits per heavy atom. The Bertz CT molecular complexity index is 1370. The van der Waals surface area contributed by atoms with Gasteiger partial charge >= 0.3 is 0 Å². The largest absolute Gasteiger partial charge is 0.454 e. The molecule has 0 radical (unpaired) electrons. The van der Waals surface area contributed by atoms with Crippen LogP contribution in [0, 0.1) is 6.92 Å². The Kier molecular flexibility index (Phi) is 5.15. The van der Waals surface area contributed by atoms with Crippen molar-refractivity contribution in [1.29, 1.82) is 0 Å². The van der Waals surface area contributed by atoms with E-state index in [9.17, 15) is 9.59 Å². The number of hydrogen-bond donors (Lipinski definition) is 1. The number of rotatable bonds is 6. The second-order valence-electron chi connectivity index (χ2n) is 7.95. The molecule has 4 aromatic rings. The van der Waals surface area contributed by atoms with Gasteiger partial charge in [0.1, 0.15) is 12.1 Å². The van der Waals surface area contributed by atoms with Crippen LogP contribution in [0.2, 0.25) is 0 Å². The molecular formula is C25H23N3O4. The van der Waals surface area contributed by atoms with Gasteiger partial charge in [0.25, 0.3) is 5.56 Å². The smallest absolute Gasteiger partial charge is 0.275 e. The highest BCUT2D eigenvalue weighted by Crippen LogP contribution is 2.32. The van der Waals surface area contributed by atoms with Crippen LogP contribution < -0.4 is 20.3 Å². The lowest BCUT2D eigenvalue weighted by Crippen LogP contribution is -2.32. The van der Waals surface area contributed by atoms with Gasteiger partial charge in [-0.05, 0) is 42.3 Å². The van der Waals surface area contributed by atoms with Crippen molar-refractivity contribution in [3.8, 4) is 11.5 Å². The SMILES string of the molecule is Cc1cccc(Cn2ccc3ccn(CC(=O)NCc4ccc5c(c4)OCO5)c(=O)c32)c1.